The van der Waals surface area contributed by atoms with Crippen LogP contribution in [0.1, 0.15) is 22.5 Å². The molecule has 0 bridgehead atoms. The Morgan fingerprint density at radius 3 is 2.96 bits per heavy atom. The molecule has 0 unspecified atom stereocenters. The highest BCUT2D eigenvalue weighted by Gasteiger charge is 2.33. The average molecular weight is 357 g/mol. The first-order chi connectivity index (χ1) is 12.5. The molecule has 0 radical (unpaired) electrons. The Bertz CT molecular complexity index is 836. The zero-order valence-electron chi connectivity index (χ0n) is 15.2. The van der Waals surface area contributed by atoms with Gasteiger partial charge in [0.05, 0.1) is 12.1 Å². The molecule has 0 spiro atoms. The van der Waals surface area contributed by atoms with Crippen molar-refractivity contribution in [3.8, 4) is 0 Å². The van der Waals surface area contributed by atoms with Crippen LogP contribution in [0.3, 0.4) is 0 Å². The number of amides is 1. The topological polar surface area (TPSA) is 89.4 Å². The molecule has 0 aliphatic carbocycles. The molecule has 1 amide bonds. The summed E-state index contributed by atoms with van der Waals surface area (Å²) < 4.78 is 7.25. The molecular weight excluding hydrogens is 334 g/mol. The monoisotopic (exact) mass is 357 g/mol. The second kappa shape index (κ2) is 7.65. The average Bonchev–Trinajstić information content (AvgIpc) is 3.07. The molecule has 0 saturated carbocycles. The standard InChI is InChI=1S/C18H23N5O3/c1-12-6-16(24)15(10-22(12)2)18(25)20-8-13-7-14(26-3)9-23(13)17-4-5-19-11-21-17/h4-6,10-11,13-14H,7-9H2,1-3H3,(H,20,25)/t13-,14-/m1/s1. The van der Waals surface area contributed by atoms with Gasteiger partial charge in [-0.15, -0.1) is 0 Å². The van der Waals surface area contributed by atoms with Crippen molar-refractivity contribution in [2.75, 3.05) is 25.1 Å². The second-order valence-electron chi connectivity index (χ2n) is 6.48. The van der Waals surface area contributed by atoms with Crippen LogP contribution in [-0.2, 0) is 11.8 Å². The molecule has 1 aliphatic rings. The highest BCUT2D eigenvalue weighted by molar-refractivity contribution is 5.93. The number of hydrogen-bond acceptors (Lipinski definition) is 6. The Kier molecular flexibility index (Phi) is 5.32. The van der Waals surface area contributed by atoms with E-state index < -0.39 is 0 Å². The van der Waals surface area contributed by atoms with Crippen molar-refractivity contribution in [2.45, 2.75) is 25.5 Å². The summed E-state index contributed by atoms with van der Waals surface area (Å²) >= 11 is 0. The molecule has 1 saturated heterocycles. The van der Waals surface area contributed by atoms with Crippen LogP contribution in [0.4, 0.5) is 5.82 Å². The van der Waals surface area contributed by atoms with Gasteiger partial charge in [-0.1, -0.05) is 0 Å². The zero-order valence-corrected chi connectivity index (χ0v) is 15.2. The lowest BCUT2D eigenvalue weighted by molar-refractivity contribution is 0.0944. The van der Waals surface area contributed by atoms with Gasteiger partial charge < -0.3 is 19.5 Å². The number of methoxy groups -OCH3 is 1. The van der Waals surface area contributed by atoms with Crippen LogP contribution in [0.5, 0.6) is 0 Å². The Hall–Kier alpha value is -2.74. The van der Waals surface area contributed by atoms with Crippen molar-refractivity contribution in [1.82, 2.24) is 19.9 Å². The van der Waals surface area contributed by atoms with E-state index in [2.05, 4.69) is 20.2 Å². The van der Waals surface area contributed by atoms with E-state index in [-0.39, 0.29) is 29.0 Å². The van der Waals surface area contributed by atoms with E-state index in [9.17, 15) is 9.59 Å². The maximum Gasteiger partial charge on any atom is 0.256 e. The van der Waals surface area contributed by atoms with Crippen LogP contribution in [0.25, 0.3) is 0 Å². The van der Waals surface area contributed by atoms with Crippen LogP contribution < -0.4 is 15.6 Å². The summed E-state index contributed by atoms with van der Waals surface area (Å²) in [5.74, 6) is 0.430. The minimum absolute atomic E-state index is 0.0353. The minimum atomic E-state index is -0.367. The largest absolute Gasteiger partial charge is 0.380 e. The number of anilines is 1. The number of ether oxygens (including phenoxy) is 1. The Balaban J connectivity index is 1.72. The van der Waals surface area contributed by atoms with Gasteiger partial charge in [-0.2, -0.15) is 0 Å². The van der Waals surface area contributed by atoms with Gasteiger partial charge >= 0.3 is 0 Å². The van der Waals surface area contributed by atoms with Crippen molar-refractivity contribution in [3.63, 3.8) is 0 Å². The molecule has 1 N–H and O–H groups in total. The predicted molar refractivity (Wildman–Crippen MR) is 97.3 cm³/mol. The molecule has 0 aromatic carbocycles. The van der Waals surface area contributed by atoms with E-state index in [0.717, 1.165) is 17.9 Å². The molecule has 1 aliphatic heterocycles. The van der Waals surface area contributed by atoms with Gasteiger partial charge in [-0.05, 0) is 19.4 Å². The van der Waals surface area contributed by atoms with Gasteiger partial charge in [0, 0.05) is 51.4 Å². The van der Waals surface area contributed by atoms with Gasteiger partial charge in [0.15, 0.2) is 5.43 Å². The molecule has 8 nitrogen and oxygen atoms in total. The molecule has 2 atom stereocenters. The lowest BCUT2D eigenvalue weighted by Crippen LogP contribution is -2.41. The third-order valence-electron chi connectivity index (χ3n) is 4.80. The van der Waals surface area contributed by atoms with Crippen molar-refractivity contribution in [1.29, 1.82) is 0 Å². The van der Waals surface area contributed by atoms with Crippen LogP contribution in [-0.4, -0.2) is 52.8 Å². The van der Waals surface area contributed by atoms with Gasteiger partial charge in [0.25, 0.3) is 5.91 Å². The van der Waals surface area contributed by atoms with Crippen molar-refractivity contribution < 1.29 is 9.53 Å². The maximum atomic E-state index is 12.5. The second-order valence-corrected chi connectivity index (χ2v) is 6.48. The fourth-order valence-corrected chi connectivity index (χ4v) is 3.18. The summed E-state index contributed by atoms with van der Waals surface area (Å²) in [4.78, 5) is 34.9. The van der Waals surface area contributed by atoms with Crippen molar-refractivity contribution in [2.24, 2.45) is 7.05 Å². The summed E-state index contributed by atoms with van der Waals surface area (Å²) in [6.07, 6.45) is 5.60. The first-order valence-corrected chi connectivity index (χ1v) is 8.50. The molecule has 3 rings (SSSR count). The third-order valence-corrected chi connectivity index (χ3v) is 4.80. The molecular formula is C18H23N5O3. The summed E-state index contributed by atoms with van der Waals surface area (Å²) in [5, 5.41) is 2.88. The molecule has 1 fully saturated rings. The number of aromatic nitrogens is 3. The number of hydrogen-bond donors (Lipinski definition) is 1. The van der Waals surface area contributed by atoms with Crippen molar-refractivity contribution >= 4 is 11.7 Å². The minimum Gasteiger partial charge on any atom is -0.380 e. The molecule has 2 aromatic heterocycles. The SMILES string of the molecule is CO[C@@H]1C[C@H](CNC(=O)c2cn(C)c(C)cc2=O)N(c2ccncn2)C1. The van der Waals surface area contributed by atoms with Crippen LogP contribution in [0.2, 0.25) is 0 Å². The Labute approximate surface area is 151 Å². The molecule has 26 heavy (non-hydrogen) atoms. The van der Waals surface area contributed by atoms with Gasteiger partial charge in [-0.25, -0.2) is 9.97 Å². The number of nitrogens with one attached hydrogen (secondary N) is 1. The van der Waals surface area contributed by atoms with Crippen molar-refractivity contribution in [3.05, 3.63) is 52.3 Å². The van der Waals surface area contributed by atoms with E-state index in [1.54, 1.807) is 24.1 Å². The lowest BCUT2D eigenvalue weighted by Gasteiger charge is -2.25. The van der Waals surface area contributed by atoms with E-state index in [0.29, 0.717) is 13.1 Å². The highest BCUT2D eigenvalue weighted by atomic mass is 16.5. The van der Waals surface area contributed by atoms with Gasteiger partial charge in [0.2, 0.25) is 0 Å². The number of rotatable bonds is 5. The smallest absolute Gasteiger partial charge is 0.256 e. The fraction of sp³-hybridized carbons (Fsp3) is 0.444. The first kappa shape index (κ1) is 18.1. The number of aryl methyl sites for hydroxylation is 2. The van der Waals surface area contributed by atoms with Gasteiger partial charge in [-0.3, -0.25) is 9.59 Å². The summed E-state index contributed by atoms with van der Waals surface area (Å²) in [5.41, 5.74) is 0.681. The lowest BCUT2D eigenvalue weighted by atomic mass is 10.1. The van der Waals surface area contributed by atoms with E-state index in [1.807, 2.05) is 20.0 Å². The maximum absolute atomic E-state index is 12.5. The Morgan fingerprint density at radius 2 is 2.27 bits per heavy atom. The number of pyridine rings is 1. The number of carbonyl (C=O) groups is 1. The molecule has 8 heteroatoms. The van der Waals surface area contributed by atoms with Crippen LogP contribution in [0.15, 0.2) is 35.6 Å². The van der Waals surface area contributed by atoms with E-state index in [4.69, 9.17) is 4.74 Å². The van der Waals surface area contributed by atoms with E-state index in [1.165, 1.54) is 12.4 Å². The molecule has 3 heterocycles. The number of nitrogens with zero attached hydrogens (tertiary/aromatic N) is 4. The quantitative estimate of drug-likeness (QED) is 0.839. The van der Waals surface area contributed by atoms with Crippen LogP contribution in [0, 0.1) is 6.92 Å². The number of carbonyl (C=O) groups excluding carboxylic acids is 1. The zero-order chi connectivity index (χ0) is 18.7. The summed E-state index contributed by atoms with van der Waals surface area (Å²) in [6.45, 7) is 2.92. The third kappa shape index (κ3) is 3.75. The first-order valence-electron chi connectivity index (χ1n) is 8.50. The molecule has 2 aromatic rings. The van der Waals surface area contributed by atoms with Gasteiger partial charge in [0.1, 0.15) is 17.7 Å². The van der Waals surface area contributed by atoms with Crippen LogP contribution >= 0.6 is 0 Å². The van der Waals surface area contributed by atoms with E-state index >= 15 is 0 Å². The summed E-state index contributed by atoms with van der Waals surface area (Å²) in [6, 6.07) is 3.34. The Morgan fingerprint density at radius 1 is 1.46 bits per heavy atom. The predicted octanol–water partition coefficient (Wildman–Crippen LogP) is 0.507. The molecule has 138 valence electrons. The normalized spacial score (nSPS) is 19.6. The summed E-state index contributed by atoms with van der Waals surface area (Å²) in [7, 11) is 3.49. The highest BCUT2D eigenvalue weighted by Crippen LogP contribution is 2.24. The fourth-order valence-electron chi connectivity index (χ4n) is 3.18.